The number of halogens is 1. The second kappa shape index (κ2) is 10.3. The monoisotopic (exact) mass is 534 g/mol. The summed E-state index contributed by atoms with van der Waals surface area (Å²) in [7, 11) is 0. The number of imidazole rings is 1. The van der Waals surface area contributed by atoms with Gasteiger partial charge in [-0.05, 0) is 18.5 Å². The van der Waals surface area contributed by atoms with Crippen LogP contribution in [0.3, 0.4) is 0 Å². The number of aliphatic hydroxyl groups excluding tert-OH is 3. The van der Waals surface area contributed by atoms with Gasteiger partial charge in [-0.15, -0.1) is 11.3 Å². The molecule has 184 valence electrons. The van der Waals surface area contributed by atoms with Crippen molar-refractivity contribution in [2.24, 2.45) is 0 Å². The fourth-order valence-corrected chi connectivity index (χ4v) is 5.80. The second-order valence-corrected chi connectivity index (χ2v) is 10.6. The van der Waals surface area contributed by atoms with Gasteiger partial charge in [-0.25, -0.2) is 9.97 Å². The molecule has 1 fully saturated rings. The first kappa shape index (κ1) is 24.4. The van der Waals surface area contributed by atoms with E-state index in [9.17, 15) is 15.3 Å². The van der Waals surface area contributed by atoms with E-state index in [1.165, 1.54) is 10.9 Å². The van der Waals surface area contributed by atoms with Gasteiger partial charge in [0.2, 0.25) is 5.28 Å². The molecule has 0 aliphatic carbocycles. The van der Waals surface area contributed by atoms with Crippen molar-refractivity contribution >= 4 is 51.7 Å². The Morgan fingerprint density at radius 3 is 2.74 bits per heavy atom. The number of aliphatic hydroxyl groups is 3. The van der Waals surface area contributed by atoms with Gasteiger partial charge in [0.1, 0.15) is 18.3 Å². The number of thioether (sulfide) groups is 1. The van der Waals surface area contributed by atoms with Crippen molar-refractivity contribution in [2.75, 3.05) is 17.7 Å². The normalized spacial score (nSPS) is 23.1. The topological polar surface area (TPSA) is 138 Å². The lowest BCUT2D eigenvalue weighted by molar-refractivity contribution is -0.0511. The van der Waals surface area contributed by atoms with E-state index in [-0.39, 0.29) is 11.3 Å². The van der Waals surface area contributed by atoms with Crippen LogP contribution in [0, 0.1) is 0 Å². The number of anilines is 1. The lowest BCUT2D eigenvalue weighted by Gasteiger charge is -2.17. The lowest BCUT2D eigenvalue weighted by Crippen LogP contribution is -2.33. The highest BCUT2D eigenvalue weighted by Gasteiger charge is 2.44. The van der Waals surface area contributed by atoms with Crippen molar-refractivity contribution in [3.8, 4) is 11.3 Å². The number of benzene rings is 1. The van der Waals surface area contributed by atoms with Crippen LogP contribution in [0.2, 0.25) is 5.28 Å². The van der Waals surface area contributed by atoms with Gasteiger partial charge in [0.05, 0.1) is 18.6 Å². The Hall–Kier alpha value is -2.32. The minimum Gasteiger partial charge on any atom is -0.394 e. The van der Waals surface area contributed by atoms with E-state index in [0.29, 0.717) is 17.0 Å². The molecule has 3 aromatic heterocycles. The second-order valence-electron chi connectivity index (χ2n) is 8.12. The molecule has 0 unspecified atom stereocenters. The Bertz CT molecular complexity index is 1310. The van der Waals surface area contributed by atoms with Crippen LogP contribution in [-0.4, -0.2) is 76.5 Å². The number of nitrogens with one attached hydrogen (secondary N) is 1. The molecule has 4 N–H and O–H groups in total. The third-order valence-corrected chi connectivity index (χ3v) is 8.03. The van der Waals surface area contributed by atoms with Crippen LogP contribution in [0.4, 0.5) is 5.82 Å². The summed E-state index contributed by atoms with van der Waals surface area (Å²) in [6.45, 7) is 1.59. The number of aromatic nitrogens is 5. The standard InChI is InChI=1S/C22H23ClN6O4S2/c1-11(8-34-22-26-13(9-35-22)12-5-3-2-4-6-12)25-18-15-19(28-21(23)27-18)29(10-24-15)20-17(32)16(31)14(7-30)33-20/h2-6,9-11,14,16-17,20,30-32H,7-8H2,1H3,(H,25,27,28)/t11-,14-,16-,17-,20-/m1/s1. The van der Waals surface area contributed by atoms with E-state index >= 15 is 0 Å². The number of ether oxygens (including phenoxy) is 1. The molecule has 4 heterocycles. The first-order valence-electron chi connectivity index (χ1n) is 10.9. The fraction of sp³-hybridized carbons (Fsp3) is 0.364. The Morgan fingerprint density at radius 2 is 2.00 bits per heavy atom. The lowest BCUT2D eigenvalue weighted by atomic mass is 10.1. The number of hydrogen-bond donors (Lipinski definition) is 4. The molecular formula is C22H23ClN6O4S2. The summed E-state index contributed by atoms with van der Waals surface area (Å²) in [5.41, 5.74) is 2.84. The summed E-state index contributed by atoms with van der Waals surface area (Å²) in [6.07, 6.45) is -2.93. The van der Waals surface area contributed by atoms with E-state index in [4.69, 9.17) is 21.3 Å². The summed E-state index contributed by atoms with van der Waals surface area (Å²) in [5, 5.41) is 35.3. The van der Waals surface area contributed by atoms with Crippen LogP contribution in [-0.2, 0) is 4.74 Å². The molecule has 10 nitrogen and oxygen atoms in total. The van der Waals surface area contributed by atoms with Crippen LogP contribution >= 0.6 is 34.7 Å². The number of rotatable bonds is 8. The van der Waals surface area contributed by atoms with E-state index < -0.39 is 31.1 Å². The van der Waals surface area contributed by atoms with Gasteiger partial charge in [-0.2, -0.15) is 9.97 Å². The largest absolute Gasteiger partial charge is 0.394 e. The van der Waals surface area contributed by atoms with Crippen LogP contribution in [0.1, 0.15) is 13.2 Å². The third-order valence-electron chi connectivity index (χ3n) is 5.58. The van der Waals surface area contributed by atoms with Crippen molar-refractivity contribution < 1.29 is 20.1 Å². The highest BCUT2D eigenvalue weighted by Crippen LogP contribution is 2.33. The molecule has 13 heteroatoms. The Labute approximate surface area is 214 Å². The van der Waals surface area contributed by atoms with Crippen LogP contribution in [0.15, 0.2) is 46.4 Å². The third kappa shape index (κ3) is 5.00. The van der Waals surface area contributed by atoms with Gasteiger partial charge in [0.15, 0.2) is 27.5 Å². The van der Waals surface area contributed by atoms with Crippen molar-refractivity contribution in [1.29, 1.82) is 0 Å². The summed E-state index contributed by atoms with van der Waals surface area (Å²) >= 11 is 9.43. The van der Waals surface area contributed by atoms with Crippen molar-refractivity contribution in [1.82, 2.24) is 24.5 Å². The first-order chi connectivity index (χ1) is 16.9. The number of hydrogen-bond acceptors (Lipinski definition) is 11. The van der Waals surface area contributed by atoms with E-state index in [0.717, 1.165) is 21.3 Å². The molecule has 0 spiro atoms. The van der Waals surface area contributed by atoms with Gasteiger partial charge >= 0.3 is 0 Å². The Kier molecular flexibility index (Phi) is 7.21. The average Bonchev–Trinajstić information content (AvgIpc) is 3.57. The molecule has 0 amide bonds. The molecule has 5 rings (SSSR count). The van der Waals surface area contributed by atoms with Crippen molar-refractivity contribution in [3.63, 3.8) is 0 Å². The summed E-state index contributed by atoms with van der Waals surface area (Å²) in [5.74, 6) is 1.17. The van der Waals surface area contributed by atoms with Crippen LogP contribution < -0.4 is 5.32 Å². The zero-order valence-corrected chi connectivity index (χ0v) is 20.9. The maximum absolute atomic E-state index is 10.4. The molecular weight excluding hydrogens is 512 g/mol. The minimum absolute atomic E-state index is 0.000716. The molecule has 5 atom stereocenters. The number of fused-ring (bicyclic) bond motifs is 1. The molecule has 35 heavy (non-hydrogen) atoms. The van der Waals surface area contributed by atoms with Crippen molar-refractivity contribution in [2.45, 2.75) is 41.8 Å². The minimum atomic E-state index is -1.26. The van der Waals surface area contributed by atoms with Gasteiger partial charge < -0.3 is 25.4 Å². The maximum Gasteiger partial charge on any atom is 0.226 e. The van der Waals surface area contributed by atoms with Gasteiger partial charge in [-0.1, -0.05) is 42.1 Å². The molecule has 1 aliphatic rings. The zero-order valence-electron chi connectivity index (χ0n) is 18.5. The Balaban J connectivity index is 1.29. The highest BCUT2D eigenvalue weighted by molar-refractivity contribution is 8.01. The molecule has 1 aliphatic heterocycles. The predicted molar refractivity (Wildman–Crippen MR) is 135 cm³/mol. The van der Waals surface area contributed by atoms with E-state index in [2.05, 4.69) is 20.3 Å². The molecule has 1 aromatic carbocycles. The number of thiazole rings is 1. The molecule has 0 saturated carbocycles. The van der Waals surface area contributed by atoms with Crippen LogP contribution in [0.25, 0.3) is 22.4 Å². The van der Waals surface area contributed by atoms with Gasteiger partial charge in [0.25, 0.3) is 0 Å². The van der Waals surface area contributed by atoms with Gasteiger partial charge in [0, 0.05) is 22.7 Å². The fourth-order valence-electron chi connectivity index (χ4n) is 3.82. The molecule has 1 saturated heterocycles. The Morgan fingerprint density at radius 1 is 1.20 bits per heavy atom. The van der Waals surface area contributed by atoms with Gasteiger partial charge in [-0.3, -0.25) is 4.57 Å². The quantitative estimate of drug-likeness (QED) is 0.197. The summed E-state index contributed by atoms with van der Waals surface area (Å²) in [4.78, 5) is 17.6. The molecule has 4 aromatic rings. The SMILES string of the molecule is C[C@H](CSc1nc(-c2ccccc2)cs1)Nc1nc(Cl)nc2c1ncn2[C@@H]1O[C@H](CO)[C@@H](O)[C@H]1O. The smallest absolute Gasteiger partial charge is 0.226 e. The zero-order chi connectivity index (χ0) is 24.5. The van der Waals surface area contributed by atoms with E-state index in [1.54, 1.807) is 23.1 Å². The predicted octanol–water partition coefficient (Wildman–Crippen LogP) is 2.81. The van der Waals surface area contributed by atoms with E-state index in [1.807, 2.05) is 42.6 Å². The maximum atomic E-state index is 10.4. The molecule has 0 radical (unpaired) electrons. The van der Waals surface area contributed by atoms with Crippen molar-refractivity contribution in [3.05, 3.63) is 47.3 Å². The molecule has 0 bridgehead atoms. The summed E-state index contributed by atoms with van der Waals surface area (Å²) in [6, 6.07) is 10.0. The first-order valence-corrected chi connectivity index (χ1v) is 13.1. The number of nitrogens with zero attached hydrogens (tertiary/aromatic N) is 5. The summed E-state index contributed by atoms with van der Waals surface area (Å²) < 4.78 is 8.06. The highest BCUT2D eigenvalue weighted by atomic mass is 35.5. The van der Waals surface area contributed by atoms with Crippen LogP contribution in [0.5, 0.6) is 0 Å². The average molecular weight is 535 g/mol.